The zero-order chi connectivity index (χ0) is 12.6. The highest BCUT2D eigenvalue weighted by Crippen LogP contribution is 2.21. The van der Waals surface area contributed by atoms with Gasteiger partial charge in [0.15, 0.2) is 0 Å². The van der Waals surface area contributed by atoms with E-state index < -0.39 is 0 Å². The molecule has 0 fully saturated rings. The van der Waals surface area contributed by atoms with Gasteiger partial charge in [-0.05, 0) is 30.4 Å². The van der Waals surface area contributed by atoms with Crippen molar-refractivity contribution in [3.63, 3.8) is 0 Å². The van der Waals surface area contributed by atoms with Gasteiger partial charge < -0.3 is 0 Å². The molecule has 0 amide bonds. The van der Waals surface area contributed by atoms with Crippen LogP contribution in [0, 0.1) is 11.3 Å². The first kappa shape index (κ1) is 12.4. The van der Waals surface area contributed by atoms with E-state index in [2.05, 4.69) is 30.3 Å². The van der Waals surface area contributed by atoms with Gasteiger partial charge in [-0.2, -0.15) is 5.26 Å². The molecule has 2 rings (SSSR count). The molecule has 18 heavy (non-hydrogen) atoms. The topological polar surface area (TPSA) is 23.8 Å². The SMILES string of the molecule is N#C[C@@H](CCCc1ccccc1)c1ccccc1. The fraction of sp³-hybridized carbons (Fsp3) is 0.235. The van der Waals surface area contributed by atoms with Gasteiger partial charge in [0, 0.05) is 0 Å². The van der Waals surface area contributed by atoms with Gasteiger partial charge >= 0.3 is 0 Å². The number of benzene rings is 2. The minimum absolute atomic E-state index is 0.0231. The first-order chi connectivity index (χ1) is 8.90. The molecule has 0 radical (unpaired) electrons. The summed E-state index contributed by atoms with van der Waals surface area (Å²) in [6.45, 7) is 0. The fourth-order valence-corrected chi connectivity index (χ4v) is 2.15. The first-order valence-corrected chi connectivity index (χ1v) is 6.38. The van der Waals surface area contributed by atoms with Crippen molar-refractivity contribution in [2.45, 2.75) is 25.2 Å². The van der Waals surface area contributed by atoms with Crippen molar-refractivity contribution < 1.29 is 0 Å². The van der Waals surface area contributed by atoms with E-state index in [0.29, 0.717) is 0 Å². The summed E-state index contributed by atoms with van der Waals surface area (Å²) >= 11 is 0. The van der Waals surface area contributed by atoms with Crippen LogP contribution in [0.15, 0.2) is 60.7 Å². The zero-order valence-electron chi connectivity index (χ0n) is 10.4. The number of aryl methyl sites for hydroxylation is 1. The predicted molar refractivity (Wildman–Crippen MR) is 74.2 cm³/mol. The molecular weight excluding hydrogens is 218 g/mol. The quantitative estimate of drug-likeness (QED) is 0.757. The highest BCUT2D eigenvalue weighted by molar-refractivity contribution is 5.24. The van der Waals surface area contributed by atoms with E-state index in [1.165, 1.54) is 5.56 Å². The van der Waals surface area contributed by atoms with Crippen LogP contribution in [0.1, 0.15) is 29.9 Å². The second kappa shape index (κ2) is 6.61. The van der Waals surface area contributed by atoms with E-state index in [-0.39, 0.29) is 5.92 Å². The highest BCUT2D eigenvalue weighted by atomic mass is 14.3. The van der Waals surface area contributed by atoms with Gasteiger partial charge in [0.2, 0.25) is 0 Å². The van der Waals surface area contributed by atoms with Crippen molar-refractivity contribution in [1.29, 1.82) is 5.26 Å². The average Bonchev–Trinajstić information content (AvgIpc) is 2.46. The Hall–Kier alpha value is -2.07. The summed E-state index contributed by atoms with van der Waals surface area (Å²) in [6.07, 6.45) is 3.03. The molecule has 0 aromatic heterocycles. The lowest BCUT2D eigenvalue weighted by atomic mass is 9.94. The Bertz CT molecular complexity index is 496. The van der Waals surface area contributed by atoms with Crippen molar-refractivity contribution in [2.24, 2.45) is 0 Å². The lowest BCUT2D eigenvalue weighted by molar-refractivity contribution is 0.684. The summed E-state index contributed by atoms with van der Waals surface area (Å²) in [5.41, 5.74) is 2.48. The smallest absolute Gasteiger partial charge is 0.0712 e. The van der Waals surface area contributed by atoms with Crippen LogP contribution in [0.4, 0.5) is 0 Å². The lowest BCUT2D eigenvalue weighted by Crippen LogP contribution is -1.97. The molecule has 2 aromatic rings. The molecule has 90 valence electrons. The van der Waals surface area contributed by atoms with Gasteiger partial charge in [-0.15, -0.1) is 0 Å². The molecule has 0 N–H and O–H groups in total. The van der Waals surface area contributed by atoms with Gasteiger partial charge in [0.25, 0.3) is 0 Å². The maximum absolute atomic E-state index is 9.23. The number of nitrogens with zero attached hydrogens (tertiary/aromatic N) is 1. The molecule has 0 saturated heterocycles. The molecule has 0 unspecified atom stereocenters. The summed E-state index contributed by atoms with van der Waals surface area (Å²) in [5.74, 6) is 0.0231. The van der Waals surface area contributed by atoms with Crippen molar-refractivity contribution >= 4 is 0 Å². The van der Waals surface area contributed by atoms with E-state index in [1.807, 2.05) is 36.4 Å². The first-order valence-electron chi connectivity index (χ1n) is 6.38. The van der Waals surface area contributed by atoms with Gasteiger partial charge in [0.05, 0.1) is 12.0 Å². The monoisotopic (exact) mass is 235 g/mol. The van der Waals surface area contributed by atoms with E-state index >= 15 is 0 Å². The van der Waals surface area contributed by atoms with Crippen molar-refractivity contribution in [2.75, 3.05) is 0 Å². The Balaban J connectivity index is 1.88. The van der Waals surface area contributed by atoms with E-state index in [4.69, 9.17) is 0 Å². The van der Waals surface area contributed by atoms with Gasteiger partial charge in [-0.3, -0.25) is 0 Å². The van der Waals surface area contributed by atoms with E-state index in [9.17, 15) is 5.26 Å². The third-order valence-corrected chi connectivity index (χ3v) is 3.16. The van der Waals surface area contributed by atoms with E-state index in [1.54, 1.807) is 0 Å². The van der Waals surface area contributed by atoms with Crippen LogP contribution >= 0.6 is 0 Å². The summed E-state index contributed by atoms with van der Waals surface area (Å²) in [5, 5.41) is 9.23. The minimum atomic E-state index is 0.0231. The third-order valence-electron chi connectivity index (χ3n) is 3.16. The van der Waals surface area contributed by atoms with Gasteiger partial charge in [-0.25, -0.2) is 0 Å². The minimum Gasteiger partial charge on any atom is -0.198 e. The summed E-state index contributed by atoms with van der Waals surface area (Å²) < 4.78 is 0. The van der Waals surface area contributed by atoms with Crippen LogP contribution in [0.2, 0.25) is 0 Å². The standard InChI is InChI=1S/C17H17N/c18-14-17(16-11-5-2-6-12-16)13-7-10-15-8-3-1-4-9-15/h1-6,8-9,11-12,17H,7,10,13H2/t17-/m1/s1. The van der Waals surface area contributed by atoms with Crippen molar-refractivity contribution in [3.8, 4) is 6.07 Å². The van der Waals surface area contributed by atoms with Crippen LogP contribution in [0.25, 0.3) is 0 Å². The Labute approximate surface area is 109 Å². The molecule has 0 saturated carbocycles. The Morgan fingerprint density at radius 3 is 2.11 bits per heavy atom. The molecule has 0 aliphatic rings. The molecule has 0 bridgehead atoms. The maximum atomic E-state index is 9.23. The summed E-state index contributed by atoms with van der Waals surface area (Å²) in [4.78, 5) is 0. The van der Waals surface area contributed by atoms with Crippen LogP contribution in [-0.2, 0) is 6.42 Å². The zero-order valence-corrected chi connectivity index (χ0v) is 10.4. The number of hydrogen-bond acceptors (Lipinski definition) is 1. The van der Waals surface area contributed by atoms with Gasteiger partial charge in [-0.1, -0.05) is 60.7 Å². The van der Waals surface area contributed by atoms with Crippen LogP contribution in [0.3, 0.4) is 0 Å². The Kier molecular flexibility index (Phi) is 4.55. The predicted octanol–water partition coefficient (Wildman–Crippen LogP) is 4.32. The largest absolute Gasteiger partial charge is 0.198 e. The normalized spacial score (nSPS) is 11.7. The number of rotatable bonds is 5. The molecule has 1 atom stereocenters. The van der Waals surface area contributed by atoms with Crippen LogP contribution < -0.4 is 0 Å². The second-order valence-corrected chi connectivity index (χ2v) is 4.47. The van der Waals surface area contributed by atoms with Crippen LogP contribution in [-0.4, -0.2) is 0 Å². The average molecular weight is 235 g/mol. The second-order valence-electron chi connectivity index (χ2n) is 4.47. The summed E-state index contributed by atoms with van der Waals surface area (Å²) in [6, 6.07) is 22.9. The fourth-order valence-electron chi connectivity index (χ4n) is 2.15. The molecule has 0 spiro atoms. The highest BCUT2D eigenvalue weighted by Gasteiger charge is 2.09. The number of hydrogen-bond donors (Lipinski definition) is 0. The van der Waals surface area contributed by atoms with Crippen molar-refractivity contribution in [3.05, 3.63) is 71.8 Å². The third kappa shape index (κ3) is 3.46. The Morgan fingerprint density at radius 2 is 1.50 bits per heavy atom. The summed E-state index contributed by atoms with van der Waals surface area (Å²) in [7, 11) is 0. The van der Waals surface area contributed by atoms with Crippen LogP contribution in [0.5, 0.6) is 0 Å². The van der Waals surface area contributed by atoms with E-state index in [0.717, 1.165) is 24.8 Å². The molecular formula is C17H17N. The van der Waals surface area contributed by atoms with Crippen molar-refractivity contribution in [1.82, 2.24) is 0 Å². The molecule has 1 heteroatoms. The van der Waals surface area contributed by atoms with Gasteiger partial charge in [0.1, 0.15) is 0 Å². The molecule has 0 aliphatic heterocycles. The molecule has 0 heterocycles. The number of nitriles is 1. The lowest BCUT2D eigenvalue weighted by Gasteiger charge is -2.09. The molecule has 1 nitrogen and oxygen atoms in total. The molecule has 0 aliphatic carbocycles. The Morgan fingerprint density at radius 1 is 0.889 bits per heavy atom. The maximum Gasteiger partial charge on any atom is 0.0712 e. The molecule has 2 aromatic carbocycles.